The maximum atomic E-state index is 9.04. The van der Waals surface area contributed by atoms with Crippen molar-refractivity contribution in [2.24, 2.45) is 0 Å². The fraction of sp³-hybridized carbons (Fsp3) is 0.500. The highest BCUT2D eigenvalue weighted by Gasteiger charge is 2.06. The first-order valence-corrected chi connectivity index (χ1v) is 4.32. The Balaban J connectivity index is 3.05. The minimum Gasteiger partial charge on any atom is -0.481 e. The molecule has 0 bridgehead atoms. The molecule has 0 spiro atoms. The second-order valence-electron chi connectivity index (χ2n) is 3.25. The monoisotopic (exact) mass is 181 g/mol. The Bertz CT molecular complexity index is 284. The molecule has 0 aliphatic heterocycles. The summed E-state index contributed by atoms with van der Waals surface area (Å²) in [5, 5.41) is 9.04. The van der Waals surface area contributed by atoms with Crippen LogP contribution in [0.25, 0.3) is 0 Å². The largest absolute Gasteiger partial charge is 0.481 e. The van der Waals surface area contributed by atoms with Crippen LogP contribution in [0.5, 0.6) is 5.88 Å². The molecular weight excluding hydrogens is 166 g/mol. The van der Waals surface area contributed by atoms with Gasteiger partial charge in [0.2, 0.25) is 5.88 Å². The van der Waals surface area contributed by atoms with Gasteiger partial charge in [0.05, 0.1) is 13.7 Å². The Morgan fingerprint density at radius 2 is 2.23 bits per heavy atom. The van der Waals surface area contributed by atoms with E-state index in [4.69, 9.17) is 9.84 Å². The molecule has 0 fully saturated rings. The van der Waals surface area contributed by atoms with Gasteiger partial charge in [0.15, 0.2) is 0 Å². The molecule has 0 amide bonds. The minimum atomic E-state index is -0.0310. The summed E-state index contributed by atoms with van der Waals surface area (Å²) in [5.41, 5.74) is 1.86. The zero-order chi connectivity index (χ0) is 9.84. The molecule has 0 saturated heterocycles. The van der Waals surface area contributed by atoms with Crippen molar-refractivity contribution in [3.05, 3.63) is 23.4 Å². The second-order valence-corrected chi connectivity index (χ2v) is 3.25. The summed E-state index contributed by atoms with van der Waals surface area (Å²) in [6.45, 7) is 4.14. The van der Waals surface area contributed by atoms with Crippen molar-refractivity contribution < 1.29 is 9.84 Å². The van der Waals surface area contributed by atoms with Crippen LogP contribution in [0.15, 0.2) is 12.3 Å². The lowest BCUT2D eigenvalue weighted by molar-refractivity contribution is 0.271. The number of hydrogen-bond acceptors (Lipinski definition) is 3. The summed E-state index contributed by atoms with van der Waals surface area (Å²) in [4.78, 5) is 4.11. The van der Waals surface area contributed by atoms with Crippen LogP contribution in [0.3, 0.4) is 0 Å². The van der Waals surface area contributed by atoms with E-state index >= 15 is 0 Å². The van der Waals surface area contributed by atoms with E-state index in [0.717, 1.165) is 11.1 Å². The smallest absolute Gasteiger partial charge is 0.218 e. The van der Waals surface area contributed by atoms with E-state index in [1.165, 1.54) is 0 Å². The number of rotatable bonds is 3. The molecule has 0 aromatic carbocycles. The van der Waals surface area contributed by atoms with Crippen LogP contribution >= 0.6 is 0 Å². The van der Waals surface area contributed by atoms with Crippen LogP contribution in [0, 0.1) is 0 Å². The Hall–Kier alpha value is -1.09. The molecule has 1 rings (SSSR count). The predicted octanol–water partition coefficient (Wildman–Crippen LogP) is 1.71. The van der Waals surface area contributed by atoms with Crippen LogP contribution in [-0.4, -0.2) is 17.2 Å². The van der Waals surface area contributed by atoms with E-state index in [0.29, 0.717) is 11.8 Å². The lowest BCUT2D eigenvalue weighted by Crippen LogP contribution is -1.98. The van der Waals surface area contributed by atoms with Crippen molar-refractivity contribution in [1.82, 2.24) is 4.98 Å². The quantitative estimate of drug-likeness (QED) is 0.771. The fourth-order valence-electron chi connectivity index (χ4n) is 1.13. The third-order valence-electron chi connectivity index (χ3n) is 1.98. The molecule has 3 heteroatoms. The third-order valence-corrected chi connectivity index (χ3v) is 1.98. The normalized spacial score (nSPS) is 10.5. The molecule has 0 unspecified atom stereocenters. The number of hydrogen-bond donors (Lipinski definition) is 1. The van der Waals surface area contributed by atoms with Crippen molar-refractivity contribution in [1.29, 1.82) is 0 Å². The molecule has 1 aromatic heterocycles. The van der Waals surface area contributed by atoms with Crippen LogP contribution in [0.1, 0.15) is 30.9 Å². The topological polar surface area (TPSA) is 42.4 Å². The molecule has 13 heavy (non-hydrogen) atoms. The zero-order valence-corrected chi connectivity index (χ0v) is 8.24. The first-order valence-electron chi connectivity index (χ1n) is 4.32. The van der Waals surface area contributed by atoms with Gasteiger partial charge in [-0.2, -0.15) is 0 Å². The predicted molar refractivity (Wildman–Crippen MR) is 50.8 cm³/mol. The Morgan fingerprint density at radius 3 is 2.69 bits per heavy atom. The molecule has 0 atom stereocenters. The van der Waals surface area contributed by atoms with Gasteiger partial charge in [0.25, 0.3) is 0 Å². The van der Waals surface area contributed by atoms with Gasteiger partial charge in [0.1, 0.15) is 0 Å². The van der Waals surface area contributed by atoms with Gasteiger partial charge in [-0.05, 0) is 17.5 Å². The van der Waals surface area contributed by atoms with E-state index in [2.05, 4.69) is 18.8 Å². The summed E-state index contributed by atoms with van der Waals surface area (Å²) in [5.74, 6) is 0.926. The van der Waals surface area contributed by atoms with E-state index < -0.39 is 0 Å². The third kappa shape index (κ3) is 2.18. The highest BCUT2D eigenvalue weighted by Crippen LogP contribution is 2.20. The van der Waals surface area contributed by atoms with Gasteiger partial charge in [-0.3, -0.25) is 0 Å². The first kappa shape index (κ1) is 9.99. The molecule has 3 nitrogen and oxygen atoms in total. The summed E-state index contributed by atoms with van der Waals surface area (Å²) >= 11 is 0. The van der Waals surface area contributed by atoms with E-state index in [9.17, 15) is 0 Å². The maximum absolute atomic E-state index is 9.04. The molecule has 72 valence electrons. The molecular formula is C10H15NO2. The molecule has 0 saturated carbocycles. The number of aliphatic hydroxyl groups is 1. The Kier molecular flexibility index (Phi) is 3.25. The standard InChI is InChI=1S/C10H15NO2/c1-7(2)8-4-9(6-12)10(13-3)11-5-8/h4-5,7,12H,6H2,1-3H3. The molecule has 0 aliphatic carbocycles. The Labute approximate surface area is 78.4 Å². The van der Waals surface area contributed by atoms with E-state index in [1.807, 2.05) is 6.07 Å². The second kappa shape index (κ2) is 4.23. The Morgan fingerprint density at radius 1 is 1.54 bits per heavy atom. The van der Waals surface area contributed by atoms with Crippen LogP contribution in [0.4, 0.5) is 0 Å². The van der Waals surface area contributed by atoms with Gasteiger partial charge < -0.3 is 9.84 Å². The average Bonchev–Trinajstić information content (AvgIpc) is 2.16. The van der Waals surface area contributed by atoms with Crippen LogP contribution < -0.4 is 4.74 Å². The van der Waals surface area contributed by atoms with Crippen molar-refractivity contribution in [3.8, 4) is 5.88 Å². The van der Waals surface area contributed by atoms with E-state index in [-0.39, 0.29) is 6.61 Å². The average molecular weight is 181 g/mol. The van der Waals surface area contributed by atoms with Crippen LogP contribution in [-0.2, 0) is 6.61 Å². The number of methoxy groups -OCH3 is 1. The first-order chi connectivity index (χ1) is 6.19. The zero-order valence-electron chi connectivity index (χ0n) is 8.24. The van der Waals surface area contributed by atoms with Crippen molar-refractivity contribution >= 4 is 0 Å². The minimum absolute atomic E-state index is 0.0310. The van der Waals surface area contributed by atoms with E-state index in [1.54, 1.807) is 13.3 Å². The lowest BCUT2D eigenvalue weighted by atomic mass is 10.0. The number of ether oxygens (including phenoxy) is 1. The SMILES string of the molecule is COc1ncc(C(C)C)cc1CO. The van der Waals surface area contributed by atoms with Gasteiger partial charge in [-0.15, -0.1) is 0 Å². The van der Waals surface area contributed by atoms with Gasteiger partial charge in [0, 0.05) is 11.8 Å². The maximum Gasteiger partial charge on any atom is 0.218 e. The number of nitrogens with zero attached hydrogens (tertiary/aromatic N) is 1. The molecule has 0 radical (unpaired) electrons. The van der Waals surface area contributed by atoms with Gasteiger partial charge in [-0.1, -0.05) is 13.8 Å². The van der Waals surface area contributed by atoms with Crippen molar-refractivity contribution in [2.45, 2.75) is 26.4 Å². The van der Waals surface area contributed by atoms with Gasteiger partial charge in [-0.25, -0.2) is 4.98 Å². The highest BCUT2D eigenvalue weighted by molar-refractivity contribution is 5.30. The summed E-state index contributed by atoms with van der Waals surface area (Å²) in [6.07, 6.45) is 1.78. The molecule has 0 aliphatic rings. The van der Waals surface area contributed by atoms with Crippen molar-refractivity contribution in [2.75, 3.05) is 7.11 Å². The molecule has 1 heterocycles. The summed E-state index contributed by atoms with van der Waals surface area (Å²) in [7, 11) is 1.55. The van der Waals surface area contributed by atoms with Crippen LogP contribution in [0.2, 0.25) is 0 Å². The van der Waals surface area contributed by atoms with Crippen molar-refractivity contribution in [3.63, 3.8) is 0 Å². The molecule has 1 aromatic rings. The molecule has 1 N–H and O–H groups in total. The number of aromatic nitrogens is 1. The summed E-state index contributed by atoms with van der Waals surface area (Å²) in [6, 6.07) is 1.93. The number of pyridine rings is 1. The van der Waals surface area contributed by atoms with Gasteiger partial charge >= 0.3 is 0 Å². The fourth-order valence-corrected chi connectivity index (χ4v) is 1.13. The highest BCUT2D eigenvalue weighted by atomic mass is 16.5. The summed E-state index contributed by atoms with van der Waals surface area (Å²) < 4.78 is 5.00. The number of aliphatic hydroxyl groups excluding tert-OH is 1. The lowest BCUT2D eigenvalue weighted by Gasteiger charge is -2.09.